The van der Waals surface area contributed by atoms with E-state index in [1.54, 1.807) is 25.6 Å². The number of ether oxygens (including phenoxy) is 1. The summed E-state index contributed by atoms with van der Waals surface area (Å²) in [6, 6.07) is 13.6. The van der Waals surface area contributed by atoms with Gasteiger partial charge in [0.2, 0.25) is 5.76 Å². The number of methoxy groups -OCH3 is 1. The van der Waals surface area contributed by atoms with Crippen LogP contribution in [0.25, 0.3) is 0 Å². The predicted octanol–water partition coefficient (Wildman–Crippen LogP) is 3.39. The van der Waals surface area contributed by atoms with Crippen molar-refractivity contribution in [3.63, 3.8) is 0 Å². The van der Waals surface area contributed by atoms with E-state index < -0.39 is 0 Å². The molecule has 156 valence electrons. The molecule has 7 heteroatoms. The maximum Gasteiger partial charge on any atom is 0.290 e. The van der Waals surface area contributed by atoms with Crippen molar-refractivity contribution >= 4 is 5.91 Å². The summed E-state index contributed by atoms with van der Waals surface area (Å²) >= 11 is 0. The summed E-state index contributed by atoms with van der Waals surface area (Å²) in [4.78, 5) is 18.8. The number of aromatic nitrogens is 2. The zero-order valence-corrected chi connectivity index (χ0v) is 17.1. The van der Waals surface area contributed by atoms with E-state index in [0.29, 0.717) is 6.54 Å². The fraction of sp³-hybridized carbons (Fsp3) is 0.348. The normalized spacial score (nSPS) is 16.9. The van der Waals surface area contributed by atoms with E-state index in [0.717, 1.165) is 49.5 Å². The van der Waals surface area contributed by atoms with Crippen LogP contribution in [-0.2, 0) is 13.1 Å². The van der Waals surface area contributed by atoms with E-state index in [-0.39, 0.29) is 17.6 Å². The quantitative estimate of drug-likeness (QED) is 0.648. The van der Waals surface area contributed by atoms with Gasteiger partial charge in [-0.05, 0) is 43.1 Å². The van der Waals surface area contributed by atoms with Crippen molar-refractivity contribution in [3.8, 4) is 5.75 Å². The second-order valence-corrected chi connectivity index (χ2v) is 7.54. The lowest BCUT2D eigenvalue weighted by molar-refractivity contribution is 0.0913. The van der Waals surface area contributed by atoms with E-state index in [9.17, 15) is 4.79 Å². The average molecular weight is 406 g/mol. The number of carbonyl (C=O) groups excluding carboxylic acids is 1. The minimum Gasteiger partial charge on any atom is -0.496 e. The second kappa shape index (κ2) is 9.54. The van der Waals surface area contributed by atoms with Gasteiger partial charge < -0.3 is 14.6 Å². The van der Waals surface area contributed by atoms with Crippen molar-refractivity contribution in [2.45, 2.75) is 31.8 Å². The van der Waals surface area contributed by atoms with Crippen molar-refractivity contribution in [1.82, 2.24) is 20.4 Å². The van der Waals surface area contributed by atoms with Gasteiger partial charge >= 0.3 is 0 Å². The molecule has 1 unspecified atom stereocenters. The highest BCUT2D eigenvalue weighted by atomic mass is 16.5. The van der Waals surface area contributed by atoms with Crippen molar-refractivity contribution in [1.29, 1.82) is 0 Å². The highest BCUT2D eigenvalue weighted by molar-refractivity contribution is 5.91. The maximum atomic E-state index is 12.4. The van der Waals surface area contributed by atoms with Gasteiger partial charge in [-0.1, -0.05) is 23.4 Å². The number of amides is 1. The number of nitrogens with zero attached hydrogens (tertiary/aromatic N) is 3. The zero-order chi connectivity index (χ0) is 20.8. The SMILES string of the molecule is COc1ccccc1CN1CCCC(c2cc(C(=O)NCc3ccncc3)on2)C1. The van der Waals surface area contributed by atoms with E-state index in [4.69, 9.17) is 9.26 Å². The van der Waals surface area contributed by atoms with Gasteiger partial charge in [0.15, 0.2) is 0 Å². The molecule has 3 aromatic rings. The molecular weight excluding hydrogens is 380 g/mol. The molecule has 0 aliphatic carbocycles. The predicted molar refractivity (Wildman–Crippen MR) is 112 cm³/mol. The molecule has 1 aromatic carbocycles. The molecule has 7 nitrogen and oxygen atoms in total. The number of carbonyl (C=O) groups is 1. The van der Waals surface area contributed by atoms with Gasteiger partial charge in [-0.3, -0.25) is 14.7 Å². The number of hydrogen-bond acceptors (Lipinski definition) is 6. The Labute approximate surface area is 176 Å². The highest BCUT2D eigenvalue weighted by Crippen LogP contribution is 2.29. The summed E-state index contributed by atoms with van der Waals surface area (Å²) in [7, 11) is 1.70. The van der Waals surface area contributed by atoms with Crippen molar-refractivity contribution in [2.24, 2.45) is 0 Å². The molecule has 0 bridgehead atoms. The average Bonchev–Trinajstić information content (AvgIpc) is 3.29. The first-order chi connectivity index (χ1) is 14.7. The highest BCUT2D eigenvalue weighted by Gasteiger charge is 2.26. The number of piperidine rings is 1. The van der Waals surface area contributed by atoms with E-state index in [1.807, 2.05) is 30.3 Å². The Morgan fingerprint density at radius 3 is 2.93 bits per heavy atom. The molecule has 0 radical (unpaired) electrons. The van der Waals surface area contributed by atoms with E-state index >= 15 is 0 Å². The molecular formula is C23H26N4O3. The fourth-order valence-electron chi connectivity index (χ4n) is 3.87. The number of hydrogen-bond donors (Lipinski definition) is 1. The Morgan fingerprint density at radius 2 is 2.10 bits per heavy atom. The van der Waals surface area contributed by atoms with Crippen LogP contribution >= 0.6 is 0 Å². The summed E-state index contributed by atoms with van der Waals surface area (Å²) in [6.07, 6.45) is 5.52. The summed E-state index contributed by atoms with van der Waals surface area (Å²) in [5.41, 5.74) is 3.00. The number of pyridine rings is 1. The van der Waals surface area contributed by atoms with Gasteiger partial charge in [0.05, 0.1) is 12.8 Å². The Morgan fingerprint density at radius 1 is 1.27 bits per heavy atom. The van der Waals surface area contributed by atoms with Gasteiger partial charge in [-0.25, -0.2) is 0 Å². The van der Waals surface area contributed by atoms with Crippen LogP contribution < -0.4 is 10.1 Å². The summed E-state index contributed by atoms with van der Waals surface area (Å²) in [5.74, 6) is 1.15. The minimum atomic E-state index is -0.257. The zero-order valence-electron chi connectivity index (χ0n) is 17.1. The van der Waals surface area contributed by atoms with Crippen molar-refractivity contribution < 1.29 is 14.1 Å². The van der Waals surface area contributed by atoms with Crippen LogP contribution in [0.4, 0.5) is 0 Å². The van der Waals surface area contributed by atoms with Crippen LogP contribution in [-0.4, -0.2) is 41.1 Å². The summed E-state index contributed by atoms with van der Waals surface area (Å²) in [5, 5.41) is 7.05. The second-order valence-electron chi connectivity index (χ2n) is 7.54. The molecule has 1 aliphatic heterocycles. The van der Waals surface area contributed by atoms with Crippen LogP contribution in [0, 0.1) is 0 Å². The molecule has 0 spiro atoms. The number of para-hydroxylation sites is 1. The molecule has 2 aromatic heterocycles. The van der Waals surface area contributed by atoms with Crippen LogP contribution in [0.15, 0.2) is 59.4 Å². The first-order valence-corrected chi connectivity index (χ1v) is 10.2. The van der Waals surface area contributed by atoms with Gasteiger partial charge in [-0.15, -0.1) is 0 Å². The lowest BCUT2D eigenvalue weighted by Crippen LogP contribution is -2.34. The monoisotopic (exact) mass is 406 g/mol. The van der Waals surface area contributed by atoms with Gasteiger partial charge in [0, 0.05) is 49.6 Å². The van der Waals surface area contributed by atoms with E-state index in [1.165, 1.54) is 5.56 Å². The fourth-order valence-corrected chi connectivity index (χ4v) is 3.87. The number of nitrogens with one attached hydrogen (secondary N) is 1. The molecule has 3 heterocycles. The number of rotatable bonds is 7. The number of benzene rings is 1. The van der Waals surface area contributed by atoms with Crippen LogP contribution in [0.1, 0.15) is 46.1 Å². The van der Waals surface area contributed by atoms with E-state index in [2.05, 4.69) is 26.4 Å². The smallest absolute Gasteiger partial charge is 0.290 e. The Hall–Kier alpha value is -3.19. The van der Waals surface area contributed by atoms with Crippen LogP contribution in [0.5, 0.6) is 5.75 Å². The molecule has 1 saturated heterocycles. The summed E-state index contributed by atoms with van der Waals surface area (Å²) < 4.78 is 10.8. The minimum absolute atomic E-state index is 0.249. The number of likely N-dealkylation sites (tertiary alicyclic amines) is 1. The standard InChI is InChI=1S/C23H26N4O3/c1-29-21-7-3-2-5-19(21)16-27-12-4-6-18(15-27)20-13-22(30-26-20)23(28)25-14-17-8-10-24-11-9-17/h2-3,5,7-11,13,18H,4,6,12,14-16H2,1H3,(H,25,28). The van der Waals surface area contributed by atoms with Crippen LogP contribution in [0.3, 0.4) is 0 Å². The molecule has 1 aliphatic rings. The first kappa shape index (κ1) is 20.1. The molecule has 30 heavy (non-hydrogen) atoms. The third-order valence-electron chi connectivity index (χ3n) is 5.46. The third-order valence-corrected chi connectivity index (χ3v) is 5.46. The lowest BCUT2D eigenvalue weighted by atomic mass is 9.94. The molecule has 1 atom stereocenters. The van der Waals surface area contributed by atoms with Gasteiger partial charge in [0.25, 0.3) is 5.91 Å². The first-order valence-electron chi connectivity index (χ1n) is 10.2. The Kier molecular flexibility index (Phi) is 6.39. The molecule has 0 saturated carbocycles. The van der Waals surface area contributed by atoms with Gasteiger partial charge in [-0.2, -0.15) is 0 Å². The van der Waals surface area contributed by atoms with Crippen LogP contribution in [0.2, 0.25) is 0 Å². The molecule has 4 rings (SSSR count). The third kappa shape index (κ3) is 4.86. The van der Waals surface area contributed by atoms with Crippen molar-refractivity contribution in [2.75, 3.05) is 20.2 Å². The Bertz CT molecular complexity index is 973. The molecule has 1 amide bonds. The molecule has 1 fully saturated rings. The largest absolute Gasteiger partial charge is 0.496 e. The maximum absolute atomic E-state index is 12.4. The summed E-state index contributed by atoms with van der Waals surface area (Å²) in [6.45, 7) is 3.17. The topological polar surface area (TPSA) is 80.5 Å². The van der Waals surface area contributed by atoms with Gasteiger partial charge in [0.1, 0.15) is 5.75 Å². The lowest BCUT2D eigenvalue weighted by Gasteiger charge is -2.32. The van der Waals surface area contributed by atoms with Crippen molar-refractivity contribution in [3.05, 3.63) is 77.4 Å². The Balaban J connectivity index is 1.36. The molecule has 1 N–H and O–H groups in total.